The minimum absolute atomic E-state index is 0.0925. The van der Waals surface area contributed by atoms with Crippen LogP contribution in [0.1, 0.15) is 12.0 Å². The fourth-order valence-corrected chi connectivity index (χ4v) is 3.06. The Morgan fingerprint density at radius 1 is 1.25 bits per heavy atom. The molecule has 1 fully saturated rings. The summed E-state index contributed by atoms with van der Waals surface area (Å²) >= 11 is 0. The van der Waals surface area contributed by atoms with Crippen LogP contribution in [0.15, 0.2) is 29.4 Å². The van der Waals surface area contributed by atoms with Crippen molar-refractivity contribution in [3.8, 4) is 0 Å². The van der Waals surface area contributed by atoms with Crippen molar-refractivity contribution >= 4 is 17.4 Å². The van der Waals surface area contributed by atoms with Gasteiger partial charge in [-0.05, 0) is 24.5 Å². The average Bonchev–Trinajstić information content (AvgIpc) is 2.62. The second kappa shape index (κ2) is 8.12. The third-order valence-electron chi connectivity index (χ3n) is 4.27. The number of benzene rings is 1. The number of amidine groups is 1. The van der Waals surface area contributed by atoms with E-state index in [1.54, 1.807) is 4.90 Å². The van der Waals surface area contributed by atoms with Gasteiger partial charge in [-0.2, -0.15) is 0 Å². The van der Waals surface area contributed by atoms with E-state index in [2.05, 4.69) is 16.1 Å². The first-order valence-corrected chi connectivity index (χ1v) is 8.37. The molecule has 0 aliphatic carbocycles. The molecular weight excluding hydrogens is 308 g/mol. The van der Waals surface area contributed by atoms with E-state index in [0.29, 0.717) is 32.1 Å². The van der Waals surface area contributed by atoms with E-state index < -0.39 is 0 Å². The minimum Gasteiger partial charge on any atom is -0.384 e. The molecule has 0 unspecified atom stereocenters. The van der Waals surface area contributed by atoms with E-state index in [9.17, 15) is 4.79 Å². The highest BCUT2D eigenvalue weighted by molar-refractivity contribution is 5.95. The lowest BCUT2D eigenvalue weighted by Gasteiger charge is -2.29. The first-order chi connectivity index (χ1) is 11.7. The maximum absolute atomic E-state index is 12.4. The predicted octanol–water partition coefficient (Wildman–Crippen LogP) is 0.587. The molecule has 7 nitrogen and oxygen atoms in total. The van der Waals surface area contributed by atoms with Crippen molar-refractivity contribution in [2.75, 3.05) is 50.9 Å². The molecule has 2 aliphatic rings. The minimum atomic E-state index is -0.0991. The first kappa shape index (κ1) is 16.7. The molecule has 130 valence electrons. The molecule has 24 heavy (non-hydrogen) atoms. The summed E-state index contributed by atoms with van der Waals surface area (Å²) in [5, 5.41) is 3.87. The van der Waals surface area contributed by atoms with Crippen molar-refractivity contribution in [1.29, 1.82) is 0 Å². The number of amides is 1. The predicted molar refractivity (Wildman–Crippen MR) is 91.9 cm³/mol. The lowest BCUT2D eigenvalue weighted by Crippen LogP contribution is -2.42. The molecule has 0 spiro atoms. The highest BCUT2D eigenvalue weighted by Crippen LogP contribution is 2.26. The molecule has 0 bridgehead atoms. The van der Waals surface area contributed by atoms with E-state index in [4.69, 9.17) is 15.3 Å². The number of hydrogen-bond acceptors (Lipinski definition) is 5. The summed E-state index contributed by atoms with van der Waals surface area (Å²) in [7, 11) is 0. The van der Waals surface area contributed by atoms with Gasteiger partial charge in [0.25, 0.3) is 5.91 Å². The molecular formula is C17H24N4O3. The number of anilines is 1. The van der Waals surface area contributed by atoms with Gasteiger partial charge in [-0.15, -0.1) is 0 Å². The molecule has 0 aromatic heterocycles. The molecule has 0 saturated carbocycles. The molecule has 2 aliphatic heterocycles. The normalized spacial score (nSPS) is 19.0. The van der Waals surface area contributed by atoms with Crippen molar-refractivity contribution in [2.45, 2.75) is 12.8 Å². The van der Waals surface area contributed by atoms with Gasteiger partial charge in [-0.1, -0.05) is 23.4 Å². The van der Waals surface area contributed by atoms with E-state index in [-0.39, 0.29) is 12.5 Å². The summed E-state index contributed by atoms with van der Waals surface area (Å²) in [6.45, 7) is 4.23. The number of hydrogen-bond donors (Lipinski definition) is 1. The molecule has 1 aromatic rings. The van der Waals surface area contributed by atoms with Crippen LogP contribution in [-0.4, -0.2) is 62.6 Å². The highest BCUT2D eigenvalue weighted by Gasteiger charge is 2.22. The summed E-state index contributed by atoms with van der Waals surface area (Å²) in [5.74, 6) is 0.286. The quantitative estimate of drug-likeness (QED) is 0.485. The van der Waals surface area contributed by atoms with Crippen molar-refractivity contribution in [3.63, 3.8) is 0 Å². The van der Waals surface area contributed by atoms with Crippen molar-refractivity contribution in [1.82, 2.24) is 4.90 Å². The maximum Gasteiger partial charge on any atom is 0.267 e. The summed E-state index contributed by atoms with van der Waals surface area (Å²) in [5.41, 5.74) is 8.04. The van der Waals surface area contributed by atoms with Crippen LogP contribution in [0, 0.1) is 0 Å². The number of rotatable bonds is 5. The Morgan fingerprint density at radius 3 is 2.88 bits per heavy atom. The Hall–Kier alpha value is -2.12. The van der Waals surface area contributed by atoms with E-state index in [0.717, 1.165) is 31.6 Å². The van der Waals surface area contributed by atoms with Gasteiger partial charge in [0.2, 0.25) is 0 Å². The number of carbonyl (C=O) groups excluding carboxylic acids is 1. The van der Waals surface area contributed by atoms with Crippen LogP contribution in [0.2, 0.25) is 0 Å². The number of nitrogens with zero attached hydrogens (tertiary/aromatic N) is 3. The lowest BCUT2D eigenvalue weighted by molar-refractivity contribution is -0.123. The van der Waals surface area contributed by atoms with Crippen molar-refractivity contribution in [3.05, 3.63) is 29.8 Å². The van der Waals surface area contributed by atoms with Gasteiger partial charge in [0, 0.05) is 25.3 Å². The van der Waals surface area contributed by atoms with Crippen molar-refractivity contribution < 1.29 is 14.4 Å². The number of carbonyl (C=O) groups is 1. The molecule has 1 aromatic carbocycles. The number of fused-ring (bicyclic) bond motifs is 1. The number of aryl methyl sites for hydroxylation is 1. The average molecular weight is 332 g/mol. The fraction of sp³-hybridized carbons (Fsp3) is 0.529. The number of morpholine rings is 1. The van der Waals surface area contributed by atoms with Gasteiger partial charge in [-0.3, -0.25) is 9.69 Å². The van der Waals surface area contributed by atoms with E-state index in [1.807, 2.05) is 18.2 Å². The lowest BCUT2D eigenvalue weighted by atomic mass is 10.0. The summed E-state index contributed by atoms with van der Waals surface area (Å²) in [4.78, 5) is 21.5. The number of para-hydroxylation sites is 1. The zero-order valence-electron chi connectivity index (χ0n) is 13.8. The number of oxime groups is 1. The second-order valence-corrected chi connectivity index (χ2v) is 6.02. The van der Waals surface area contributed by atoms with Crippen LogP contribution >= 0.6 is 0 Å². The summed E-state index contributed by atoms with van der Waals surface area (Å²) < 4.78 is 5.29. The topological polar surface area (TPSA) is 80.4 Å². The monoisotopic (exact) mass is 332 g/mol. The summed E-state index contributed by atoms with van der Waals surface area (Å²) in [6.07, 6.45) is 1.97. The molecule has 0 radical (unpaired) electrons. The van der Waals surface area contributed by atoms with E-state index >= 15 is 0 Å². The van der Waals surface area contributed by atoms with Gasteiger partial charge in [0.1, 0.15) is 0 Å². The molecule has 1 saturated heterocycles. The largest absolute Gasteiger partial charge is 0.384 e. The molecule has 2 N–H and O–H groups in total. The van der Waals surface area contributed by atoms with Gasteiger partial charge < -0.3 is 20.2 Å². The number of nitrogens with two attached hydrogens (primary N) is 1. The Morgan fingerprint density at radius 2 is 2.04 bits per heavy atom. The smallest absolute Gasteiger partial charge is 0.267 e. The summed E-state index contributed by atoms with van der Waals surface area (Å²) in [6, 6.07) is 7.99. The van der Waals surface area contributed by atoms with Crippen LogP contribution in [-0.2, 0) is 20.8 Å². The Labute approximate surface area is 142 Å². The molecule has 7 heteroatoms. The van der Waals surface area contributed by atoms with E-state index in [1.165, 1.54) is 5.56 Å². The molecule has 0 atom stereocenters. The van der Waals surface area contributed by atoms with Gasteiger partial charge >= 0.3 is 0 Å². The van der Waals surface area contributed by atoms with Crippen LogP contribution in [0.25, 0.3) is 0 Å². The van der Waals surface area contributed by atoms with Crippen LogP contribution in [0.5, 0.6) is 0 Å². The third kappa shape index (κ3) is 4.24. The SMILES string of the molecule is NC(CN1CCOCC1)=NOCC(=O)N1CCCc2ccccc21. The standard InChI is InChI=1S/C17H24N4O3/c18-16(12-20-8-10-23-11-9-20)19-24-13-17(22)21-7-3-5-14-4-1-2-6-15(14)21/h1-2,4,6H,3,5,7-13H2,(H2,18,19). The number of ether oxygens (including phenoxy) is 1. The zero-order chi connectivity index (χ0) is 16.8. The zero-order valence-corrected chi connectivity index (χ0v) is 13.8. The third-order valence-corrected chi connectivity index (χ3v) is 4.27. The maximum atomic E-state index is 12.4. The van der Waals surface area contributed by atoms with Gasteiger partial charge in [0.05, 0.1) is 19.8 Å². The van der Waals surface area contributed by atoms with Gasteiger partial charge in [0.15, 0.2) is 12.4 Å². The molecule has 1 amide bonds. The van der Waals surface area contributed by atoms with Crippen LogP contribution in [0.3, 0.4) is 0 Å². The molecule has 2 heterocycles. The molecule has 3 rings (SSSR count). The van der Waals surface area contributed by atoms with Crippen LogP contribution < -0.4 is 10.6 Å². The Bertz CT molecular complexity index is 599. The van der Waals surface area contributed by atoms with Crippen LogP contribution in [0.4, 0.5) is 5.69 Å². The Balaban J connectivity index is 1.50. The van der Waals surface area contributed by atoms with Crippen molar-refractivity contribution in [2.24, 2.45) is 10.9 Å². The highest BCUT2D eigenvalue weighted by atomic mass is 16.6. The first-order valence-electron chi connectivity index (χ1n) is 8.37. The Kier molecular flexibility index (Phi) is 5.66. The van der Waals surface area contributed by atoms with Gasteiger partial charge in [-0.25, -0.2) is 0 Å². The fourth-order valence-electron chi connectivity index (χ4n) is 3.06. The second-order valence-electron chi connectivity index (χ2n) is 6.02.